The van der Waals surface area contributed by atoms with E-state index in [-0.39, 0.29) is 11.3 Å². The van der Waals surface area contributed by atoms with Crippen molar-refractivity contribution in [3.8, 4) is 0 Å². The SMILES string of the molecule is C=C1C(C)(C)[C@H]2CC[C@@]1(C(=O)N/N=C\c1ccccc1Cl)C2. The number of carbonyl (C=O) groups excluding carboxylic acids is 1. The van der Waals surface area contributed by atoms with Crippen molar-refractivity contribution in [2.75, 3.05) is 0 Å². The summed E-state index contributed by atoms with van der Waals surface area (Å²) < 4.78 is 0. The van der Waals surface area contributed by atoms with Gasteiger partial charge in [0.2, 0.25) is 5.91 Å². The molecule has 1 aromatic carbocycles. The molecule has 2 aliphatic rings. The number of halogens is 1. The summed E-state index contributed by atoms with van der Waals surface area (Å²) >= 11 is 6.07. The average Bonchev–Trinajstić information content (AvgIpc) is 3.01. The van der Waals surface area contributed by atoms with Crippen LogP contribution in [0.4, 0.5) is 0 Å². The number of hydrazone groups is 1. The number of hydrogen-bond acceptors (Lipinski definition) is 2. The first kappa shape index (κ1) is 15.3. The molecule has 2 atom stereocenters. The Labute approximate surface area is 136 Å². The Hall–Kier alpha value is -1.61. The van der Waals surface area contributed by atoms with Crippen molar-refractivity contribution in [2.24, 2.45) is 21.8 Å². The van der Waals surface area contributed by atoms with E-state index in [1.165, 1.54) is 0 Å². The zero-order valence-electron chi connectivity index (χ0n) is 13.0. The van der Waals surface area contributed by atoms with E-state index >= 15 is 0 Å². The Morgan fingerprint density at radius 1 is 1.45 bits per heavy atom. The minimum atomic E-state index is -0.439. The van der Waals surface area contributed by atoms with E-state index < -0.39 is 5.41 Å². The third kappa shape index (κ3) is 2.19. The maximum atomic E-state index is 12.7. The second-order valence-corrected chi connectivity index (χ2v) is 7.35. The number of rotatable bonds is 3. The molecular formula is C18H21ClN2O. The Kier molecular flexibility index (Phi) is 3.64. The largest absolute Gasteiger partial charge is 0.272 e. The van der Waals surface area contributed by atoms with Crippen molar-refractivity contribution in [3.63, 3.8) is 0 Å². The molecule has 116 valence electrons. The van der Waals surface area contributed by atoms with Crippen molar-refractivity contribution in [3.05, 3.63) is 47.0 Å². The van der Waals surface area contributed by atoms with Crippen molar-refractivity contribution in [1.82, 2.24) is 5.43 Å². The molecule has 2 bridgehead atoms. The molecule has 4 heteroatoms. The van der Waals surface area contributed by atoms with Gasteiger partial charge < -0.3 is 0 Å². The van der Waals surface area contributed by atoms with E-state index in [9.17, 15) is 4.79 Å². The molecule has 2 fully saturated rings. The topological polar surface area (TPSA) is 41.5 Å². The first-order valence-electron chi connectivity index (χ1n) is 7.66. The lowest BCUT2D eigenvalue weighted by atomic mass is 9.68. The standard InChI is InChI=1S/C18H21ClN2O/c1-12-17(2,3)14-8-9-18(12,10-14)16(22)21-20-11-13-6-4-5-7-15(13)19/h4-7,11,14H,1,8-10H2,2-3H3,(H,21,22)/b20-11-/t14-,18+/m0/s1. The number of carbonyl (C=O) groups is 1. The fourth-order valence-corrected chi connectivity index (χ4v) is 4.17. The van der Waals surface area contributed by atoms with Crippen molar-refractivity contribution in [1.29, 1.82) is 0 Å². The molecule has 0 spiro atoms. The van der Waals surface area contributed by atoms with E-state index in [0.29, 0.717) is 10.9 Å². The normalized spacial score (nSPS) is 29.2. The summed E-state index contributed by atoms with van der Waals surface area (Å²) in [6, 6.07) is 7.41. The highest BCUT2D eigenvalue weighted by Crippen LogP contribution is 2.65. The Bertz CT molecular complexity index is 665. The van der Waals surface area contributed by atoms with Crippen LogP contribution in [-0.2, 0) is 4.79 Å². The highest BCUT2D eigenvalue weighted by atomic mass is 35.5. The van der Waals surface area contributed by atoms with Crippen LogP contribution < -0.4 is 5.43 Å². The first-order valence-corrected chi connectivity index (χ1v) is 8.03. The van der Waals surface area contributed by atoms with Gasteiger partial charge in [-0.2, -0.15) is 5.10 Å². The average molecular weight is 317 g/mol. The molecule has 1 N–H and O–H groups in total. The van der Waals surface area contributed by atoms with Crippen LogP contribution in [0.2, 0.25) is 5.02 Å². The van der Waals surface area contributed by atoms with Crippen LogP contribution in [0.5, 0.6) is 0 Å². The first-order chi connectivity index (χ1) is 10.4. The molecule has 22 heavy (non-hydrogen) atoms. The zero-order valence-corrected chi connectivity index (χ0v) is 13.8. The number of hydrogen-bond donors (Lipinski definition) is 1. The molecule has 0 heterocycles. The predicted octanol–water partition coefficient (Wildman–Crippen LogP) is 4.17. The Morgan fingerprint density at radius 2 is 2.18 bits per heavy atom. The fraction of sp³-hybridized carbons (Fsp3) is 0.444. The molecule has 0 radical (unpaired) electrons. The van der Waals surface area contributed by atoms with Gasteiger partial charge in [-0.05, 0) is 36.7 Å². The molecule has 3 nitrogen and oxygen atoms in total. The summed E-state index contributed by atoms with van der Waals surface area (Å²) in [5, 5.41) is 4.71. The number of nitrogens with one attached hydrogen (secondary N) is 1. The van der Waals surface area contributed by atoms with Crippen LogP contribution in [0.25, 0.3) is 0 Å². The summed E-state index contributed by atoms with van der Waals surface area (Å²) in [5.74, 6) is 0.521. The number of fused-ring (bicyclic) bond motifs is 2. The fourth-order valence-electron chi connectivity index (χ4n) is 3.99. The van der Waals surface area contributed by atoms with E-state index in [2.05, 4.69) is 31.0 Å². The van der Waals surface area contributed by atoms with Gasteiger partial charge in [-0.1, -0.05) is 55.8 Å². The van der Waals surface area contributed by atoms with Gasteiger partial charge in [-0.25, -0.2) is 5.43 Å². The van der Waals surface area contributed by atoms with Crippen LogP contribution in [0.1, 0.15) is 38.7 Å². The minimum Gasteiger partial charge on any atom is -0.272 e. The molecule has 0 aliphatic heterocycles. The molecule has 1 amide bonds. The second kappa shape index (κ2) is 5.24. The van der Waals surface area contributed by atoms with Gasteiger partial charge >= 0.3 is 0 Å². The van der Waals surface area contributed by atoms with Gasteiger partial charge in [0.15, 0.2) is 0 Å². The molecule has 1 aromatic rings. The number of nitrogens with zero attached hydrogens (tertiary/aromatic N) is 1. The maximum Gasteiger partial charge on any atom is 0.250 e. The van der Waals surface area contributed by atoms with Gasteiger partial charge in [-0.3, -0.25) is 4.79 Å². The summed E-state index contributed by atoms with van der Waals surface area (Å²) in [4.78, 5) is 12.7. The molecule has 0 saturated heterocycles. The number of benzene rings is 1. The third-order valence-corrected chi connectivity index (χ3v) is 5.94. The second-order valence-electron chi connectivity index (χ2n) is 6.94. The Balaban J connectivity index is 1.73. The summed E-state index contributed by atoms with van der Waals surface area (Å²) in [5.41, 5.74) is 4.15. The van der Waals surface area contributed by atoms with Gasteiger partial charge in [-0.15, -0.1) is 0 Å². The molecular weight excluding hydrogens is 296 g/mol. The van der Waals surface area contributed by atoms with Crippen molar-refractivity contribution in [2.45, 2.75) is 33.1 Å². The lowest BCUT2D eigenvalue weighted by Gasteiger charge is -2.36. The maximum absolute atomic E-state index is 12.7. The number of amides is 1. The summed E-state index contributed by atoms with van der Waals surface area (Å²) in [7, 11) is 0. The zero-order chi connectivity index (χ0) is 16.0. The molecule has 3 rings (SSSR count). The van der Waals surface area contributed by atoms with Gasteiger partial charge in [0.1, 0.15) is 0 Å². The van der Waals surface area contributed by atoms with Gasteiger partial charge in [0.25, 0.3) is 0 Å². The monoisotopic (exact) mass is 316 g/mol. The lowest BCUT2D eigenvalue weighted by Crippen LogP contribution is -2.39. The molecule has 0 unspecified atom stereocenters. The highest BCUT2D eigenvalue weighted by molar-refractivity contribution is 6.33. The quantitative estimate of drug-likeness (QED) is 0.507. The van der Waals surface area contributed by atoms with E-state index in [1.54, 1.807) is 12.3 Å². The smallest absolute Gasteiger partial charge is 0.250 e. The van der Waals surface area contributed by atoms with Crippen molar-refractivity contribution >= 4 is 23.7 Å². The Morgan fingerprint density at radius 3 is 2.82 bits per heavy atom. The molecule has 2 aliphatic carbocycles. The van der Waals surface area contributed by atoms with Crippen LogP contribution >= 0.6 is 11.6 Å². The van der Waals surface area contributed by atoms with Gasteiger partial charge in [0.05, 0.1) is 11.6 Å². The van der Waals surface area contributed by atoms with E-state index in [1.807, 2.05) is 18.2 Å². The summed E-state index contributed by atoms with van der Waals surface area (Å²) in [6.45, 7) is 8.62. The highest BCUT2D eigenvalue weighted by Gasteiger charge is 2.60. The predicted molar refractivity (Wildman–Crippen MR) is 89.9 cm³/mol. The summed E-state index contributed by atoms with van der Waals surface area (Å²) in [6.07, 6.45) is 4.46. The van der Waals surface area contributed by atoms with Crippen molar-refractivity contribution < 1.29 is 4.79 Å². The molecule has 0 aromatic heterocycles. The van der Waals surface area contributed by atoms with E-state index in [4.69, 9.17) is 11.6 Å². The van der Waals surface area contributed by atoms with Crippen LogP contribution in [-0.4, -0.2) is 12.1 Å². The lowest BCUT2D eigenvalue weighted by molar-refractivity contribution is -0.128. The van der Waals surface area contributed by atoms with Crippen LogP contribution in [0, 0.1) is 16.7 Å². The third-order valence-electron chi connectivity index (χ3n) is 5.60. The van der Waals surface area contributed by atoms with E-state index in [0.717, 1.165) is 30.4 Å². The van der Waals surface area contributed by atoms with Gasteiger partial charge in [0, 0.05) is 10.6 Å². The molecule has 2 saturated carbocycles. The van der Waals surface area contributed by atoms with Crippen LogP contribution in [0.3, 0.4) is 0 Å². The van der Waals surface area contributed by atoms with Crippen LogP contribution in [0.15, 0.2) is 41.5 Å². The minimum absolute atomic E-state index is 0.0334.